The summed E-state index contributed by atoms with van der Waals surface area (Å²) in [5.41, 5.74) is 6.11. The molecule has 1 rings (SSSR count). The molecule has 0 bridgehead atoms. The highest BCUT2D eigenvalue weighted by Crippen LogP contribution is 2.20. The van der Waals surface area contributed by atoms with Crippen LogP contribution >= 0.6 is 11.6 Å². The summed E-state index contributed by atoms with van der Waals surface area (Å²) in [5, 5.41) is 9.95. The quantitative estimate of drug-likeness (QED) is 0.683. The van der Waals surface area contributed by atoms with Gasteiger partial charge in [-0.15, -0.1) is 0 Å². The molecule has 0 fully saturated rings. The highest BCUT2D eigenvalue weighted by atomic mass is 35.5. The topological polar surface area (TPSA) is 79.0 Å². The first kappa shape index (κ1) is 11.3. The molecule has 0 atom stereocenters. The minimum atomic E-state index is -0.554. The van der Waals surface area contributed by atoms with E-state index in [9.17, 15) is 4.79 Å². The molecule has 0 saturated heterocycles. The number of allylic oxidation sites excluding steroid dienone is 1. The van der Waals surface area contributed by atoms with Gasteiger partial charge < -0.3 is 16.5 Å². The third kappa shape index (κ3) is 3.11. The average molecular weight is 224 g/mol. The first-order valence-corrected chi connectivity index (χ1v) is 4.54. The molecule has 15 heavy (non-hydrogen) atoms. The molecule has 0 radical (unpaired) electrons. The Hall–Kier alpha value is -1.81. The van der Waals surface area contributed by atoms with Crippen molar-refractivity contribution in [2.24, 2.45) is 5.73 Å². The molecule has 0 aliphatic carbocycles. The normalized spacial score (nSPS) is 10.2. The maximum Gasteiger partial charge on any atom is 0.250 e. The van der Waals surface area contributed by atoms with Crippen LogP contribution in [0.3, 0.4) is 0 Å². The predicted molar refractivity (Wildman–Crippen MR) is 61.5 cm³/mol. The number of hydrogen-bond acceptors (Lipinski definition) is 3. The molecule has 4 N–H and O–H groups in total. The monoisotopic (exact) mass is 223 g/mol. The lowest BCUT2D eigenvalue weighted by atomic mass is 10.2. The van der Waals surface area contributed by atoms with E-state index < -0.39 is 5.91 Å². The number of nitrogens with one attached hydrogen (secondary N) is 2. The standard InChI is InChI=1S/C10H10ClN3O/c11-9-6-7(14-5-1-4-12)2-3-8(9)10(13)15/h1-6,12,14H,(H2,13,15)/b5-1-,12-4?. The summed E-state index contributed by atoms with van der Waals surface area (Å²) in [6.07, 6.45) is 4.25. The summed E-state index contributed by atoms with van der Waals surface area (Å²) in [4.78, 5) is 10.9. The largest absolute Gasteiger partial charge is 0.366 e. The van der Waals surface area contributed by atoms with Gasteiger partial charge in [0.05, 0.1) is 10.6 Å². The van der Waals surface area contributed by atoms with Crippen LogP contribution in [0.25, 0.3) is 0 Å². The first-order valence-electron chi connectivity index (χ1n) is 4.16. The number of anilines is 1. The van der Waals surface area contributed by atoms with Crippen molar-refractivity contribution >= 4 is 29.4 Å². The maximum absolute atomic E-state index is 10.9. The van der Waals surface area contributed by atoms with Gasteiger partial charge in [0, 0.05) is 18.1 Å². The fraction of sp³-hybridized carbons (Fsp3) is 0. The minimum absolute atomic E-state index is 0.290. The Labute approximate surface area is 92.2 Å². The van der Waals surface area contributed by atoms with Crippen LogP contribution in [0.2, 0.25) is 5.02 Å². The lowest BCUT2D eigenvalue weighted by Crippen LogP contribution is -2.11. The number of carbonyl (C=O) groups excluding carboxylic acids is 1. The van der Waals surface area contributed by atoms with Crippen LogP contribution in [0.4, 0.5) is 5.69 Å². The molecule has 0 aliphatic rings. The van der Waals surface area contributed by atoms with Crippen LogP contribution in [0.5, 0.6) is 0 Å². The Kier molecular flexibility index (Phi) is 3.88. The van der Waals surface area contributed by atoms with Crippen molar-refractivity contribution < 1.29 is 4.79 Å². The third-order valence-electron chi connectivity index (χ3n) is 1.68. The number of hydrogen-bond donors (Lipinski definition) is 3. The molecular formula is C10H10ClN3O. The van der Waals surface area contributed by atoms with Gasteiger partial charge in [-0.3, -0.25) is 4.79 Å². The van der Waals surface area contributed by atoms with E-state index in [0.29, 0.717) is 10.6 Å². The van der Waals surface area contributed by atoms with Gasteiger partial charge in [0.1, 0.15) is 0 Å². The summed E-state index contributed by atoms with van der Waals surface area (Å²) < 4.78 is 0. The van der Waals surface area contributed by atoms with Crippen LogP contribution in [0.1, 0.15) is 10.4 Å². The fourth-order valence-electron chi connectivity index (χ4n) is 0.997. The van der Waals surface area contributed by atoms with Crippen molar-refractivity contribution in [3.63, 3.8) is 0 Å². The highest BCUT2D eigenvalue weighted by Gasteiger charge is 2.05. The lowest BCUT2D eigenvalue weighted by Gasteiger charge is -2.03. The van der Waals surface area contributed by atoms with Gasteiger partial charge >= 0.3 is 0 Å². The molecule has 5 heteroatoms. The van der Waals surface area contributed by atoms with Crippen LogP contribution in [0.15, 0.2) is 30.5 Å². The Morgan fingerprint density at radius 3 is 2.80 bits per heavy atom. The van der Waals surface area contributed by atoms with Crippen LogP contribution < -0.4 is 11.1 Å². The number of nitrogens with two attached hydrogens (primary N) is 1. The summed E-state index contributed by atoms with van der Waals surface area (Å²) in [6, 6.07) is 4.82. The molecule has 0 spiro atoms. The Morgan fingerprint density at radius 2 is 2.27 bits per heavy atom. The molecule has 1 amide bonds. The first-order chi connectivity index (χ1) is 7.15. The summed E-state index contributed by atoms with van der Waals surface area (Å²) in [6.45, 7) is 0. The maximum atomic E-state index is 10.9. The van der Waals surface area contributed by atoms with E-state index in [0.717, 1.165) is 11.9 Å². The second kappa shape index (κ2) is 5.17. The summed E-state index contributed by atoms with van der Waals surface area (Å²) in [5.74, 6) is -0.554. The minimum Gasteiger partial charge on any atom is -0.366 e. The zero-order valence-electron chi connectivity index (χ0n) is 7.83. The molecule has 1 aromatic carbocycles. The number of rotatable bonds is 4. The van der Waals surface area contributed by atoms with E-state index in [1.807, 2.05) is 0 Å². The van der Waals surface area contributed by atoms with Crippen LogP contribution in [0, 0.1) is 5.41 Å². The van der Waals surface area contributed by atoms with Gasteiger partial charge in [0.25, 0.3) is 0 Å². The fourth-order valence-corrected chi connectivity index (χ4v) is 1.27. The van der Waals surface area contributed by atoms with Crippen molar-refractivity contribution in [2.45, 2.75) is 0 Å². The van der Waals surface area contributed by atoms with E-state index in [2.05, 4.69) is 5.32 Å². The third-order valence-corrected chi connectivity index (χ3v) is 1.99. The van der Waals surface area contributed by atoms with Gasteiger partial charge in [-0.05, 0) is 24.3 Å². The Balaban J connectivity index is 2.86. The summed E-state index contributed by atoms with van der Waals surface area (Å²) in [7, 11) is 0. The average Bonchev–Trinajstić information content (AvgIpc) is 2.17. The number of amides is 1. The van der Waals surface area contributed by atoms with Gasteiger partial charge in [-0.25, -0.2) is 0 Å². The second-order valence-corrected chi connectivity index (χ2v) is 3.14. The van der Waals surface area contributed by atoms with E-state index in [4.69, 9.17) is 22.7 Å². The molecule has 0 aliphatic heterocycles. The van der Waals surface area contributed by atoms with Crippen molar-refractivity contribution in [3.05, 3.63) is 41.1 Å². The number of halogens is 1. The number of primary amides is 1. The predicted octanol–water partition coefficient (Wildman–Crippen LogP) is 2.01. The molecular weight excluding hydrogens is 214 g/mol. The van der Waals surface area contributed by atoms with Gasteiger partial charge in [0.15, 0.2) is 0 Å². The van der Waals surface area contributed by atoms with Gasteiger partial charge in [-0.1, -0.05) is 11.6 Å². The van der Waals surface area contributed by atoms with Crippen molar-refractivity contribution in [1.82, 2.24) is 0 Å². The molecule has 0 heterocycles. The second-order valence-electron chi connectivity index (χ2n) is 2.73. The van der Waals surface area contributed by atoms with Crippen LogP contribution in [-0.4, -0.2) is 12.1 Å². The Morgan fingerprint density at radius 1 is 1.53 bits per heavy atom. The van der Waals surface area contributed by atoms with Crippen molar-refractivity contribution in [3.8, 4) is 0 Å². The van der Waals surface area contributed by atoms with Gasteiger partial charge in [0.2, 0.25) is 5.91 Å². The molecule has 78 valence electrons. The van der Waals surface area contributed by atoms with E-state index in [-0.39, 0.29) is 0 Å². The van der Waals surface area contributed by atoms with Crippen LogP contribution in [-0.2, 0) is 0 Å². The van der Waals surface area contributed by atoms with Crippen molar-refractivity contribution in [1.29, 1.82) is 5.41 Å². The summed E-state index contributed by atoms with van der Waals surface area (Å²) >= 11 is 5.83. The zero-order valence-corrected chi connectivity index (χ0v) is 8.58. The molecule has 0 saturated carbocycles. The molecule has 1 aromatic rings. The van der Waals surface area contributed by atoms with E-state index in [1.165, 1.54) is 6.08 Å². The zero-order chi connectivity index (χ0) is 11.3. The Bertz CT molecular complexity index is 415. The van der Waals surface area contributed by atoms with Gasteiger partial charge in [-0.2, -0.15) is 0 Å². The number of carbonyl (C=O) groups is 1. The molecule has 0 aromatic heterocycles. The van der Waals surface area contributed by atoms with E-state index in [1.54, 1.807) is 24.4 Å². The van der Waals surface area contributed by atoms with E-state index >= 15 is 0 Å². The van der Waals surface area contributed by atoms with Crippen molar-refractivity contribution in [2.75, 3.05) is 5.32 Å². The molecule has 4 nitrogen and oxygen atoms in total. The SMILES string of the molecule is N=C/C=C\Nc1ccc(C(N)=O)c(Cl)c1. The smallest absolute Gasteiger partial charge is 0.250 e. The highest BCUT2D eigenvalue weighted by molar-refractivity contribution is 6.34. The molecule has 0 unspecified atom stereocenters. The number of benzene rings is 1. The lowest BCUT2D eigenvalue weighted by molar-refractivity contribution is 0.100.